The summed E-state index contributed by atoms with van der Waals surface area (Å²) in [5, 5.41) is 15.6. The molecule has 0 bridgehead atoms. The average molecular weight is 342 g/mol. The van der Waals surface area contributed by atoms with Crippen LogP contribution in [0.15, 0.2) is 48.9 Å². The van der Waals surface area contributed by atoms with Gasteiger partial charge in [0.15, 0.2) is 0 Å². The molecule has 3 N–H and O–H groups in total. The number of aliphatic carboxylic acids is 2. The fourth-order valence-electron chi connectivity index (χ4n) is 3.73. The summed E-state index contributed by atoms with van der Waals surface area (Å²) in [5.41, 5.74) is 4.13. The number of carbonyl (C=O) groups is 2. The number of H-pyrrole nitrogens is 1. The van der Waals surface area contributed by atoms with E-state index in [9.17, 15) is 9.59 Å². The molecule has 0 saturated heterocycles. The Bertz CT molecular complexity index is 799. The molecule has 7 nitrogen and oxygen atoms in total. The first-order valence-corrected chi connectivity index (χ1v) is 7.75. The van der Waals surface area contributed by atoms with E-state index >= 15 is 0 Å². The van der Waals surface area contributed by atoms with Crippen LogP contribution in [0.4, 0.5) is 0 Å². The first-order valence-electron chi connectivity index (χ1n) is 7.75. The minimum atomic E-state index is -1.26. The molecule has 3 atom stereocenters. The second-order valence-corrected chi connectivity index (χ2v) is 6.02. The number of ether oxygens (including phenoxy) is 1. The molecule has 2 aliphatic rings. The second kappa shape index (κ2) is 6.52. The van der Waals surface area contributed by atoms with E-state index in [1.807, 2.05) is 6.20 Å². The van der Waals surface area contributed by atoms with Gasteiger partial charge in [-0.1, -0.05) is 24.3 Å². The average Bonchev–Trinajstić information content (AvgIpc) is 2.98. The number of nitrogens with one attached hydrogen (secondary N) is 1. The monoisotopic (exact) mass is 342 g/mol. The molecule has 1 fully saturated rings. The van der Waals surface area contributed by atoms with Crippen molar-refractivity contribution in [1.82, 2.24) is 9.97 Å². The van der Waals surface area contributed by atoms with E-state index in [-0.39, 0.29) is 11.5 Å². The van der Waals surface area contributed by atoms with Crippen LogP contribution in [0.2, 0.25) is 0 Å². The molecule has 25 heavy (non-hydrogen) atoms. The number of rotatable bonds is 4. The van der Waals surface area contributed by atoms with Crippen LogP contribution in [-0.4, -0.2) is 39.2 Å². The van der Waals surface area contributed by atoms with Gasteiger partial charge in [-0.25, -0.2) is 14.6 Å². The fraction of sp³-hybridized carbons (Fsp3) is 0.278. The molecule has 0 radical (unpaired) electrons. The van der Waals surface area contributed by atoms with Crippen molar-refractivity contribution >= 4 is 11.9 Å². The Morgan fingerprint density at radius 1 is 1.24 bits per heavy atom. The summed E-state index contributed by atoms with van der Waals surface area (Å²) in [6, 6.07) is 8.63. The summed E-state index contributed by atoms with van der Waals surface area (Å²) in [6.07, 6.45) is 6.16. The summed E-state index contributed by atoms with van der Waals surface area (Å²) in [6.45, 7) is 0. The zero-order valence-corrected chi connectivity index (χ0v) is 13.5. The van der Waals surface area contributed by atoms with Gasteiger partial charge < -0.3 is 19.9 Å². The molecule has 0 amide bonds. The van der Waals surface area contributed by atoms with E-state index < -0.39 is 11.9 Å². The van der Waals surface area contributed by atoms with E-state index in [0.29, 0.717) is 18.1 Å². The first kappa shape index (κ1) is 16.9. The topological polar surface area (TPSA) is 113 Å². The highest BCUT2D eigenvalue weighted by atomic mass is 16.5. The van der Waals surface area contributed by atoms with Gasteiger partial charge in [0.25, 0.3) is 0 Å². The Morgan fingerprint density at radius 3 is 2.40 bits per heavy atom. The van der Waals surface area contributed by atoms with E-state index in [1.165, 1.54) is 23.2 Å². The molecular weight excluding hydrogens is 324 g/mol. The van der Waals surface area contributed by atoms with Gasteiger partial charge in [-0.2, -0.15) is 0 Å². The van der Waals surface area contributed by atoms with Crippen LogP contribution >= 0.6 is 0 Å². The lowest BCUT2D eigenvalue weighted by Gasteiger charge is -2.21. The largest absolute Gasteiger partial charge is 0.478 e. The summed E-state index contributed by atoms with van der Waals surface area (Å²) >= 11 is 0. The van der Waals surface area contributed by atoms with Crippen LogP contribution in [0.25, 0.3) is 0 Å². The molecule has 0 unspecified atom stereocenters. The van der Waals surface area contributed by atoms with Gasteiger partial charge in [-0.15, -0.1) is 0 Å². The number of methoxy groups -OCH3 is 1. The van der Waals surface area contributed by atoms with Gasteiger partial charge in [-0.3, -0.25) is 0 Å². The summed E-state index contributed by atoms with van der Waals surface area (Å²) in [5.74, 6) is -1.91. The Kier molecular flexibility index (Phi) is 4.41. The van der Waals surface area contributed by atoms with Crippen LogP contribution in [0, 0.1) is 0 Å². The highest BCUT2D eigenvalue weighted by Gasteiger charge is 2.67. The van der Waals surface area contributed by atoms with Crippen molar-refractivity contribution in [3.63, 3.8) is 0 Å². The normalized spacial score (nSPS) is 25.6. The smallest absolute Gasteiger partial charge is 0.328 e. The molecule has 7 heteroatoms. The standard InChI is InChI=1S/C14H14N2O.C4H4O4/c1-17-13-10-5-3-2-4-9(10)11-6-14(11,13)12-7-15-8-16-12;5-3(6)1-2-4(7)8/h2-5,7-8,11,13H,6H2,1H3,(H,15,16);1-2H,(H,5,6)(H,7,8)/b;2-1-/t11-,13-,14-;/m1./s1. The number of imidazole rings is 1. The zero-order valence-electron chi connectivity index (χ0n) is 13.5. The molecule has 1 saturated carbocycles. The molecule has 4 rings (SSSR count). The van der Waals surface area contributed by atoms with Crippen LogP contribution in [0.5, 0.6) is 0 Å². The van der Waals surface area contributed by atoms with Crippen molar-refractivity contribution in [1.29, 1.82) is 0 Å². The molecule has 2 aliphatic carbocycles. The number of carboxylic acid groups (broad SMARTS) is 2. The Morgan fingerprint density at radius 2 is 1.88 bits per heavy atom. The lowest BCUT2D eigenvalue weighted by molar-refractivity contribution is -0.134. The van der Waals surface area contributed by atoms with E-state index in [0.717, 1.165) is 0 Å². The number of aromatic amines is 1. The van der Waals surface area contributed by atoms with Gasteiger partial charge in [0.05, 0.1) is 12.4 Å². The van der Waals surface area contributed by atoms with Crippen LogP contribution in [0.3, 0.4) is 0 Å². The summed E-state index contributed by atoms with van der Waals surface area (Å²) in [4.78, 5) is 26.5. The third-order valence-corrected chi connectivity index (χ3v) is 4.73. The van der Waals surface area contributed by atoms with Crippen molar-refractivity contribution < 1.29 is 24.5 Å². The molecule has 0 spiro atoms. The summed E-state index contributed by atoms with van der Waals surface area (Å²) < 4.78 is 5.77. The number of nitrogens with zero attached hydrogens (tertiary/aromatic N) is 1. The highest BCUT2D eigenvalue weighted by molar-refractivity contribution is 5.89. The van der Waals surface area contributed by atoms with E-state index in [2.05, 4.69) is 34.2 Å². The number of benzene rings is 1. The van der Waals surface area contributed by atoms with Crippen molar-refractivity contribution in [3.05, 3.63) is 65.8 Å². The maximum atomic E-state index is 9.55. The van der Waals surface area contributed by atoms with Gasteiger partial charge >= 0.3 is 11.9 Å². The summed E-state index contributed by atoms with van der Waals surface area (Å²) in [7, 11) is 1.81. The third kappa shape index (κ3) is 2.94. The van der Waals surface area contributed by atoms with Crippen molar-refractivity contribution in [2.45, 2.75) is 23.9 Å². The van der Waals surface area contributed by atoms with Crippen LogP contribution < -0.4 is 0 Å². The van der Waals surface area contributed by atoms with Gasteiger partial charge in [0.1, 0.15) is 0 Å². The van der Waals surface area contributed by atoms with Crippen LogP contribution in [0.1, 0.15) is 35.3 Å². The van der Waals surface area contributed by atoms with E-state index in [1.54, 1.807) is 13.4 Å². The Balaban J connectivity index is 0.000000197. The highest BCUT2D eigenvalue weighted by Crippen LogP contribution is 2.72. The van der Waals surface area contributed by atoms with Gasteiger partial charge in [0.2, 0.25) is 0 Å². The van der Waals surface area contributed by atoms with Crippen molar-refractivity contribution in [2.24, 2.45) is 0 Å². The number of hydrogen-bond acceptors (Lipinski definition) is 4. The fourth-order valence-corrected chi connectivity index (χ4v) is 3.73. The lowest BCUT2D eigenvalue weighted by Crippen LogP contribution is -2.18. The molecule has 0 aliphatic heterocycles. The molecule has 2 aromatic rings. The van der Waals surface area contributed by atoms with Gasteiger partial charge in [-0.05, 0) is 23.5 Å². The Labute approximate surface area is 144 Å². The second-order valence-electron chi connectivity index (χ2n) is 6.02. The Hall–Kier alpha value is -2.93. The maximum absolute atomic E-state index is 9.55. The molecule has 1 aromatic heterocycles. The third-order valence-electron chi connectivity index (χ3n) is 4.73. The van der Waals surface area contributed by atoms with Crippen molar-refractivity contribution in [2.75, 3.05) is 7.11 Å². The predicted octanol–water partition coefficient (Wildman–Crippen LogP) is 2.25. The van der Waals surface area contributed by atoms with Crippen molar-refractivity contribution in [3.8, 4) is 0 Å². The zero-order chi connectivity index (χ0) is 18.0. The molecule has 1 heterocycles. The number of hydrogen-bond donors (Lipinski definition) is 3. The SMILES string of the molecule is CO[C@@H]1c2ccccc2[C@H]2C[C@]21c1cnc[nH]1.O=C(O)/C=C\C(=O)O. The maximum Gasteiger partial charge on any atom is 0.328 e. The predicted molar refractivity (Wildman–Crippen MR) is 88.2 cm³/mol. The minimum absolute atomic E-state index is 0.120. The van der Waals surface area contributed by atoms with E-state index in [4.69, 9.17) is 14.9 Å². The molecule has 1 aromatic carbocycles. The first-order chi connectivity index (χ1) is 12.0. The lowest BCUT2D eigenvalue weighted by atomic mass is 9.94. The van der Waals surface area contributed by atoms with Gasteiger partial charge in [0, 0.05) is 36.6 Å². The quantitative estimate of drug-likeness (QED) is 0.735. The minimum Gasteiger partial charge on any atom is -0.478 e. The number of carboxylic acids is 2. The molecule has 130 valence electrons. The number of aromatic nitrogens is 2. The molecular formula is C18H18N2O5. The van der Waals surface area contributed by atoms with Crippen LogP contribution in [-0.2, 0) is 19.7 Å². The number of fused-ring (bicyclic) bond motifs is 3.